The Labute approximate surface area is 173 Å². The fraction of sp³-hybridized carbons (Fsp3) is 0. The summed E-state index contributed by atoms with van der Waals surface area (Å²) >= 11 is 9.61. The smallest absolute Gasteiger partial charge is 0.218 e. The summed E-state index contributed by atoms with van der Waals surface area (Å²) in [5, 5.41) is 4.91. The normalized spacial score (nSPS) is 15.3. The van der Waals surface area contributed by atoms with Gasteiger partial charge in [-0.1, -0.05) is 36.4 Å². The highest BCUT2D eigenvalue weighted by Gasteiger charge is 2.32. The first-order valence-corrected chi connectivity index (χ1v) is 9.96. The van der Waals surface area contributed by atoms with Gasteiger partial charge in [-0.15, -0.1) is 0 Å². The number of benzene rings is 2. The molecule has 1 aliphatic carbocycles. The minimum Gasteiger partial charge on any atom is -0.350 e. The maximum absolute atomic E-state index is 12.7. The van der Waals surface area contributed by atoms with Crippen molar-refractivity contribution in [3.05, 3.63) is 67.7 Å². The van der Waals surface area contributed by atoms with Crippen LogP contribution in [0.3, 0.4) is 0 Å². The lowest BCUT2D eigenvalue weighted by Crippen LogP contribution is -2.22. The third kappa shape index (κ3) is 2.74. The number of fused-ring (bicyclic) bond motifs is 2. The number of para-hydroxylation sites is 2. The summed E-state index contributed by atoms with van der Waals surface area (Å²) in [5.74, 6) is -0.616. The molecule has 0 radical (unpaired) electrons. The lowest BCUT2D eigenvalue weighted by molar-refractivity contribution is -0.114. The number of rotatable bonds is 2. The first-order valence-electron chi connectivity index (χ1n) is 7.58. The van der Waals surface area contributed by atoms with Crippen LogP contribution in [0.4, 0.5) is 5.69 Å². The molecule has 0 aliphatic heterocycles. The maximum atomic E-state index is 12.7. The topological polar surface area (TPSA) is 59.1 Å². The van der Waals surface area contributed by atoms with E-state index in [0.717, 1.165) is 27.5 Å². The highest BCUT2D eigenvalue weighted by Crippen LogP contribution is 2.37. The summed E-state index contributed by atoms with van der Waals surface area (Å²) in [7, 11) is 0. The van der Waals surface area contributed by atoms with Crippen molar-refractivity contribution in [2.45, 2.75) is 0 Å². The van der Waals surface area contributed by atoms with E-state index in [1.165, 1.54) is 0 Å². The van der Waals surface area contributed by atoms with Crippen LogP contribution in [0.5, 0.6) is 0 Å². The van der Waals surface area contributed by atoms with E-state index in [1.54, 1.807) is 0 Å². The molecule has 0 bridgehead atoms. The van der Waals surface area contributed by atoms with E-state index in [1.807, 2.05) is 48.5 Å². The SMILES string of the molecule is O=C1C(Br)=C(Br)C(=O)C(Nc2c3ccccc3nc3ccccc23)=C1Br. The van der Waals surface area contributed by atoms with Gasteiger partial charge >= 0.3 is 0 Å². The van der Waals surface area contributed by atoms with E-state index < -0.39 is 0 Å². The highest BCUT2D eigenvalue weighted by atomic mass is 79.9. The van der Waals surface area contributed by atoms with E-state index in [4.69, 9.17) is 0 Å². The van der Waals surface area contributed by atoms with Crippen LogP contribution in [-0.2, 0) is 9.59 Å². The van der Waals surface area contributed by atoms with Crippen LogP contribution in [0.2, 0.25) is 0 Å². The number of anilines is 1. The van der Waals surface area contributed by atoms with Gasteiger partial charge in [0, 0.05) is 10.8 Å². The Morgan fingerprint density at radius 3 is 1.77 bits per heavy atom. The second-order valence-corrected chi connectivity index (χ2v) is 8.00. The molecule has 0 unspecified atom stereocenters. The van der Waals surface area contributed by atoms with Gasteiger partial charge in [0.25, 0.3) is 0 Å². The third-order valence-electron chi connectivity index (χ3n) is 4.07. The second-order valence-electron chi connectivity index (χ2n) is 5.62. The predicted molar refractivity (Wildman–Crippen MR) is 114 cm³/mol. The molecule has 2 aromatic carbocycles. The Morgan fingerprint density at radius 2 is 1.19 bits per heavy atom. The van der Waals surface area contributed by atoms with E-state index in [2.05, 4.69) is 58.1 Å². The van der Waals surface area contributed by atoms with Crippen molar-refractivity contribution in [1.29, 1.82) is 0 Å². The van der Waals surface area contributed by atoms with Crippen molar-refractivity contribution in [3.8, 4) is 0 Å². The summed E-state index contributed by atoms with van der Waals surface area (Å²) < 4.78 is 0.572. The standard InChI is InChI=1S/C19H9Br3N2O2/c20-13-14(21)19(26)17(15(22)18(13)25)24-16-9-5-1-3-7-11(9)23-12-8-4-2-6-10(12)16/h1-8H,(H,23,24). The number of nitrogens with zero attached hydrogens (tertiary/aromatic N) is 1. The Hall–Kier alpha value is -1.83. The largest absolute Gasteiger partial charge is 0.350 e. The second kappa shape index (κ2) is 6.72. The summed E-state index contributed by atoms with van der Waals surface area (Å²) in [6.45, 7) is 0. The van der Waals surface area contributed by atoms with E-state index in [0.29, 0.717) is 0 Å². The minimum atomic E-state index is -0.312. The van der Waals surface area contributed by atoms with Gasteiger partial charge in [-0.05, 0) is 59.9 Å². The van der Waals surface area contributed by atoms with Crippen molar-refractivity contribution >= 4 is 86.8 Å². The molecule has 4 nitrogen and oxygen atoms in total. The lowest BCUT2D eigenvalue weighted by atomic mass is 10.1. The number of hydrogen-bond donors (Lipinski definition) is 1. The zero-order valence-corrected chi connectivity index (χ0v) is 17.8. The molecule has 0 amide bonds. The van der Waals surface area contributed by atoms with Gasteiger partial charge in [-0.3, -0.25) is 9.59 Å². The van der Waals surface area contributed by atoms with Crippen LogP contribution < -0.4 is 5.32 Å². The number of aromatic nitrogens is 1. The molecule has 4 rings (SSSR count). The van der Waals surface area contributed by atoms with E-state index in [-0.39, 0.29) is 30.7 Å². The van der Waals surface area contributed by atoms with Crippen LogP contribution in [0, 0.1) is 0 Å². The highest BCUT2D eigenvalue weighted by molar-refractivity contribution is 9.15. The number of allylic oxidation sites excluding steroid dienone is 3. The molecule has 7 heteroatoms. The Kier molecular flexibility index (Phi) is 4.54. The number of carbonyl (C=O) groups is 2. The van der Waals surface area contributed by atoms with Gasteiger partial charge in [0.1, 0.15) is 5.70 Å². The fourth-order valence-corrected chi connectivity index (χ4v) is 4.33. The summed E-state index contributed by atoms with van der Waals surface area (Å²) in [4.78, 5) is 29.7. The van der Waals surface area contributed by atoms with Crippen LogP contribution in [-0.4, -0.2) is 16.6 Å². The fourth-order valence-electron chi connectivity index (χ4n) is 2.83. The van der Waals surface area contributed by atoms with E-state index in [9.17, 15) is 9.59 Å². The van der Waals surface area contributed by atoms with Crippen molar-refractivity contribution in [3.63, 3.8) is 0 Å². The number of halogens is 3. The van der Waals surface area contributed by atoms with Crippen molar-refractivity contribution in [1.82, 2.24) is 4.98 Å². The Morgan fingerprint density at radius 1 is 0.692 bits per heavy atom. The predicted octanol–water partition coefficient (Wildman–Crippen LogP) is 5.56. The summed E-state index contributed by atoms with van der Waals surface area (Å²) in [5.41, 5.74) is 2.52. The molecule has 1 N–H and O–H groups in total. The first-order chi connectivity index (χ1) is 12.5. The van der Waals surface area contributed by atoms with E-state index >= 15 is 0 Å². The average molecular weight is 537 g/mol. The van der Waals surface area contributed by atoms with Crippen molar-refractivity contribution in [2.24, 2.45) is 0 Å². The zero-order valence-electron chi connectivity index (χ0n) is 13.0. The summed E-state index contributed by atoms with van der Waals surface area (Å²) in [6, 6.07) is 15.3. The van der Waals surface area contributed by atoms with Gasteiger partial charge in [-0.2, -0.15) is 0 Å². The molecular weight excluding hydrogens is 528 g/mol. The quantitative estimate of drug-likeness (QED) is 0.344. The number of Topliss-reactive ketones (excluding diaryl/α,β-unsaturated/α-hetero) is 2. The Bertz CT molecular complexity index is 1130. The molecule has 1 heterocycles. The van der Waals surface area contributed by atoms with Gasteiger partial charge in [0.05, 0.1) is 30.2 Å². The van der Waals surface area contributed by atoms with Crippen molar-refractivity contribution in [2.75, 3.05) is 5.32 Å². The summed E-state index contributed by atoms with van der Waals surface area (Å²) in [6.07, 6.45) is 0. The molecule has 0 saturated heterocycles. The molecule has 1 aliphatic rings. The molecule has 26 heavy (non-hydrogen) atoms. The molecule has 128 valence electrons. The van der Waals surface area contributed by atoms with Crippen LogP contribution >= 0.6 is 47.8 Å². The molecule has 0 atom stereocenters. The number of hydrogen-bond acceptors (Lipinski definition) is 4. The third-order valence-corrected chi connectivity index (χ3v) is 6.88. The molecule has 1 aromatic heterocycles. The monoisotopic (exact) mass is 534 g/mol. The number of carbonyl (C=O) groups excluding carboxylic acids is 2. The van der Waals surface area contributed by atoms with Gasteiger partial charge in [-0.25, -0.2) is 4.98 Å². The molecule has 3 aromatic rings. The lowest BCUT2D eigenvalue weighted by Gasteiger charge is -2.19. The Balaban J connectivity index is 1.97. The van der Waals surface area contributed by atoms with Crippen LogP contribution in [0.15, 0.2) is 67.7 Å². The molecule has 0 spiro atoms. The number of nitrogens with one attached hydrogen (secondary N) is 1. The van der Waals surface area contributed by atoms with Gasteiger partial charge in [0.15, 0.2) is 0 Å². The molecule has 0 saturated carbocycles. The number of ketones is 2. The van der Waals surface area contributed by atoms with Gasteiger partial charge in [0.2, 0.25) is 11.6 Å². The maximum Gasteiger partial charge on any atom is 0.218 e. The zero-order chi connectivity index (χ0) is 18.4. The average Bonchev–Trinajstić information content (AvgIpc) is 2.67. The van der Waals surface area contributed by atoms with Gasteiger partial charge < -0.3 is 5.32 Å². The van der Waals surface area contributed by atoms with Crippen LogP contribution in [0.25, 0.3) is 21.8 Å². The number of pyridine rings is 1. The molecule has 0 fully saturated rings. The first kappa shape index (κ1) is 17.6. The molecular formula is C19H9Br3N2O2. The van der Waals surface area contributed by atoms with Crippen LogP contribution in [0.1, 0.15) is 0 Å². The minimum absolute atomic E-state index is 0.183. The van der Waals surface area contributed by atoms with Crippen molar-refractivity contribution < 1.29 is 9.59 Å².